The zero-order chi connectivity index (χ0) is 24.8. The average molecular weight is 494 g/mol. The van der Waals surface area contributed by atoms with E-state index in [4.69, 9.17) is 14.5 Å². The minimum absolute atomic E-state index is 0.00493. The van der Waals surface area contributed by atoms with Crippen LogP contribution < -0.4 is 9.64 Å². The third kappa shape index (κ3) is 5.48. The van der Waals surface area contributed by atoms with Crippen molar-refractivity contribution in [1.82, 2.24) is 9.88 Å². The summed E-state index contributed by atoms with van der Waals surface area (Å²) in [4.78, 5) is 34.5. The molecule has 0 aliphatic carbocycles. The predicted molar refractivity (Wildman–Crippen MR) is 138 cm³/mol. The number of likely N-dealkylation sites (tertiary alicyclic amines) is 1. The smallest absolute Gasteiger partial charge is 0.309 e. The molecule has 0 N–H and O–H groups in total. The van der Waals surface area contributed by atoms with Crippen LogP contribution in [0.15, 0.2) is 60.0 Å². The first-order chi connectivity index (χ1) is 17.0. The molecule has 4 rings (SSSR count). The molecule has 1 aliphatic rings. The van der Waals surface area contributed by atoms with Gasteiger partial charge in [-0.3, -0.25) is 9.59 Å². The molecule has 8 heteroatoms. The number of carbonyl (C=O) groups is 2. The van der Waals surface area contributed by atoms with E-state index < -0.39 is 6.04 Å². The van der Waals surface area contributed by atoms with Crippen LogP contribution in [0.2, 0.25) is 0 Å². The fraction of sp³-hybridized carbons (Fsp3) is 0.370. The standard InChI is InChI=1S/C27H31N3O4S/c1-4-34-26(32)21-14-16-29(17-15-21)25(31)19(2)30(23-12-8-9-13-24(23)33-3)27-28-22(18-35-27)20-10-6-5-7-11-20/h5-13,18-19,21H,4,14-17H2,1-3H3/t19-/m1/s1. The van der Waals surface area contributed by atoms with Crippen molar-refractivity contribution in [1.29, 1.82) is 0 Å². The highest BCUT2D eigenvalue weighted by molar-refractivity contribution is 7.14. The van der Waals surface area contributed by atoms with E-state index in [0.717, 1.165) is 22.1 Å². The molecule has 1 atom stereocenters. The maximum absolute atomic E-state index is 13.7. The SMILES string of the molecule is CCOC(=O)C1CCN(C(=O)[C@@H](C)N(c2nc(-c3ccccc3)cs2)c2ccccc2OC)CC1. The first kappa shape index (κ1) is 24.7. The maximum Gasteiger partial charge on any atom is 0.309 e. The summed E-state index contributed by atoms with van der Waals surface area (Å²) in [6.07, 6.45) is 1.22. The fourth-order valence-corrected chi connectivity index (χ4v) is 5.32. The number of thiazole rings is 1. The number of esters is 1. The van der Waals surface area contributed by atoms with Gasteiger partial charge < -0.3 is 19.3 Å². The van der Waals surface area contributed by atoms with E-state index in [2.05, 4.69) is 0 Å². The Morgan fingerprint density at radius 3 is 2.49 bits per heavy atom. The van der Waals surface area contributed by atoms with Crippen LogP contribution in [0.25, 0.3) is 11.3 Å². The number of anilines is 2. The largest absolute Gasteiger partial charge is 0.495 e. The van der Waals surface area contributed by atoms with Crippen molar-refractivity contribution in [2.75, 3.05) is 31.7 Å². The maximum atomic E-state index is 13.7. The molecule has 0 unspecified atom stereocenters. The van der Waals surface area contributed by atoms with Gasteiger partial charge >= 0.3 is 5.97 Å². The van der Waals surface area contributed by atoms with Crippen LogP contribution in [-0.2, 0) is 14.3 Å². The lowest BCUT2D eigenvalue weighted by molar-refractivity contribution is -0.151. The van der Waals surface area contributed by atoms with E-state index >= 15 is 0 Å². The third-order valence-electron chi connectivity index (χ3n) is 6.28. The fourth-order valence-electron chi connectivity index (χ4n) is 4.39. The Balaban J connectivity index is 1.60. The van der Waals surface area contributed by atoms with Gasteiger partial charge in [0, 0.05) is 24.0 Å². The van der Waals surface area contributed by atoms with Crippen LogP contribution in [0.1, 0.15) is 26.7 Å². The first-order valence-electron chi connectivity index (χ1n) is 11.9. The topological polar surface area (TPSA) is 72.0 Å². The summed E-state index contributed by atoms with van der Waals surface area (Å²) < 4.78 is 10.8. The van der Waals surface area contributed by atoms with Crippen molar-refractivity contribution in [3.05, 3.63) is 60.0 Å². The lowest BCUT2D eigenvalue weighted by Crippen LogP contribution is -2.49. The third-order valence-corrected chi connectivity index (χ3v) is 7.12. The Hall–Kier alpha value is -3.39. The molecule has 1 amide bonds. The van der Waals surface area contributed by atoms with Crippen molar-refractivity contribution in [2.24, 2.45) is 5.92 Å². The van der Waals surface area contributed by atoms with E-state index in [9.17, 15) is 9.59 Å². The summed E-state index contributed by atoms with van der Waals surface area (Å²) in [7, 11) is 1.63. The molecule has 1 saturated heterocycles. The Labute approximate surface area is 210 Å². The predicted octanol–water partition coefficient (Wildman–Crippen LogP) is 5.15. The number of amides is 1. The van der Waals surface area contributed by atoms with Gasteiger partial charge in [0.25, 0.3) is 0 Å². The van der Waals surface area contributed by atoms with Crippen molar-refractivity contribution in [3.8, 4) is 17.0 Å². The number of nitrogens with zero attached hydrogens (tertiary/aromatic N) is 3. The second-order valence-corrected chi connectivity index (χ2v) is 9.29. The molecule has 7 nitrogen and oxygen atoms in total. The Kier molecular flexibility index (Phi) is 8.02. The van der Waals surface area contributed by atoms with Gasteiger partial charge in [-0.15, -0.1) is 11.3 Å². The molecule has 2 heterocycles. The number of hydrogen-bond donors (Lipinski definition) is 0. The second kappa shape index (κ2) is 11.4. The molecule has 0 bridgehead atoms. The summed E-state index contributed by atoms with van der Waals surface area (Å²) >= 11 is 1.50. The van der Waals surface area contributed by atoms with Crippen molar-refractivity contribution in [2.45, 2.75) is 32.7 Å². The van der Waals surface area contributed by atoms with E-state index in [0.29, 0.717) is 38.3 Å². The Morgan fingerprint density at radius 1 is 1.11 bits per heavy atom. The van der Waals surface area contributed by atoms with Gasteiger partial charge in [0.1, 0.15) is 11.8 Å². The monoisotopic (exact) mass is 493 g/mol. The van der Waals surface area contributed by atoms with Gasteiger partial charge in [0.15, 0.2) is 5.13 Å². The molecule has 0 saturated carbocycles. The van der Waals surface area contributed by atoms with Crippen molar-refractivity contribution >= 4 is 34.0 Å². The molecule has 1 fully saturated rings. The average Bonchev–Trinajstić information content (AvgIpc) is 3.39. The number of carbonyl (C=O) groups excluding carboxylic acids is 2. The molecule has 3 aromatic rings. The number of hydrogen-bond acceptors (Lipinski definition) is 7. The molecule has 0 radical (unpaired) electrons. The minimum Gasteiger partial charge on any atom is -0.495 e. The van der Waals surface area contributed by atoms with Crippen LogP contribution >= 0.6 is 11.3 Å². The summed E-state index contributed by atoms with van der Waals surface area (Å²) in [5.74, 6) is 0.353. The first-order valence-corrected chi connectivity index (χ1v) is 12.8. The van der Waals surface area contributed by atoms with E-state index in [-0.39, 0.29) is 17.8 Å². The van der Waals surface area contributed by atoms with Crippen LogP contribution in [-0.4, -0.2) is 54.6 Å². The molecule has 184 valence electrons. The Bertz CT molecular complexity index is 1140. The number of para-hydroxylation sites is 2. The molecular formula is C27H31N3O4S. The number of benzene rings is 2. The lowest BCUT2D eigenvalue weighted by atomic mass is 9.96. The molecule has 2 aromatic carbocycles. The number of methoxy groups -OCH3 is 1. The van der Waals surface area contributed by atoms with Crippen LogP contribution in [0.4, 0.5) is 10.8 Å². The minimum atomic E-state index is -0.514. The number of rotatable bonds is 8. The van der Waals surface area contributed by atoms with E-state index in [1.54, 1.807) is 7.11 Å². The molecular weight excluding hydrogens is 462 g/mol. The molecule has 0 spiro atoms. The second-order valence-electron chi connectivity index (χ2n) is 8.45. The van der Waals surface area contributed by atoms with Crippen molar-refractivity contribution < 1.29 is 19.1 Å². The summed E-state index contributed by atoms with van der Waals surface area (Å²) in [5.41, 5.74) is 2.67. The van der Waals surface area contributed by atoms with E-state index in [1.807, 2.05) is 83.6 Å². The van der Waals surface area contributed by atoms with Crippen molar-refractivity contribution in [3.63, 3.8) is 0 Å². The molecule has 1 aromatic heterocycles. The number of aromatic nitrogens is 1. The number of piperidine rings is 1. The normalized spacial score (nSPS) is 14.9. The van der Waals surface area contributed by atoms with Gasteiger partial charge in [0.2, 0.25) is 5.91 Å². The van der Waals surface area contributed by atoms with Crippen LogP contribution in [0.3, 0.4) is 0 Å². The molecule has 35 heavy (non-hydrogen) atoms. The summed E-state index contributed by atoms with van der Waals surface area (Å²) in [5, 5.41) is 2.73. The zero-order valence-corrected chi connectivity index (χ0v) is 21.2. The lowest BCUT2D eigenvalue weighted by Gasteiger charge is -2.36. The van der Waals surface area contributed by atoms with E-state index in [1.165, 1.54) is 11.3 Å². The Morgan fingerprint density at radius 2 is 1.80 bits per heavy atom. The highest BCUT2D eigenvalue weighted by atomic mass is 32.1. The molecule has 1 aliphatic heterocycles. The highest BCUT2D eigenvalue weighted by Crippen LogP contribution is 2.39. The van der Waals surface area contributed by atoms with Crippen LogP contribution in [0.5, 0.6) is 5.75 Å². The van der Waals surface area contributed by atoms with Gasteiger partial charge in [-0.05, 0) is 38.8 Å². The quantitative estimate of drug-likeness (QED) is 0.404. The van der Waals surface area contributed by atoms with Gasteiger partial charge in [-0.25, -0.2) is 4.98 Å². The van der Waals surface area contributed by atoms with Gasteiger partial charge in [-0.2, -0.15) is 0 Å². The highest BCUT2D eigenvalue weighted by Gasteiger charge is 2.34. The number of ether oxygens (including phenoxy) is 2. The van der Waals surface area contributed by atoms with Gasteiger partial charge in [-0.1, -0.05) is 42.5 Å². The summed E-state index contributed by atoms with van der Waals surface area (Å²) in [6, 6.07) is 17.1. The van der Waals surface area contributed by atoms with Crippen LogP contribution in [0, 0.1) is 5.92 Å². The summed E-state index contributed by atoms with van der Waals surface area (Å²) in [6.45, 7) is 5.14. The van der Waals surface area contributed by atoms with Gasteiger partial charge in [0.05, 0.1) is 31.0 Å². The zero-order valence-electron chi connectivity index (χ0n) is 20.3.